The molecule has 2 aliphatic heterocycles. The van der Waals surface area contributed by atoms with Crippen LogP contribution in [0.4, 0.5) is 17.6 Å². The first kappa shape index (κ1) is 35.9. The van der Waals surface area contributed by atoms with Gasteiger partial charge >= 0.3 is 0 Å². The zero-order chi connectivity index (χ0) is 39.8. The van der Waals surface area contributed by atoms with Crippen LogP contribution in [0.1, 0.15) is 0 Å². The van der Waals surface area contributed by atoms with Gasteiger partial charge in [0.2, 0.25) is 0 Å². The van der Waals surface area contributed by atoms with E-state index in [0.717, 1.165) is 11.1 Å². The van der Waals surface area contributed by atoms with Gasteiger partial charge in [0.1, 0.15) is 46.3 Å². The molecule has 282 valence electrons. The summed E-state index contributed by atoms with van der Waals surface area (Å²) in [5.41, 5.74) is 3.76. The van der Waals surface area contributed by atoms with Gasteiger partial charge in [0.25, 0.3) is 0 Å². The number of benzene rings is 7. The molecule has 3 heterocycles. The summed E-state index contributed by atoms with van der Waals surface area (Å²) in [5, 5.41) is 1.07. The topological polar surface area (TPSA) is 65.5 Å². The summed E-state index contributed by atoms with van der Waals surface area (Å²) in [5.74, 6) is -1.64. The van der Waals surface area contributed by atoms with Gasteiger partial charge in [-0.3, -0.25) is 0 Å². The number of rotatable bonds is 5. The monoisotopic (exact) mass is 807 g/mol. The fourth-order valence-electron chi connectivity index (χ4n) is 7.69. The number of aromatic nitrogens is 1. The fraction of sp³-hybridized carbons (Fsp3) is 0. The van der Waals surface area contributed by atoms with Crippen LogP contribution in [0.2, 0.25) is 0 Å². The third kappa shape index (κ3) is 5.81. The molecule has 5 nitrogen and oxygen atoms in total. The predicted molar refractivity (Wildman–Crippen MR) is 219 cm³/mol. The number of hydrogen-bond acceptors (Lipinski definition) is 5. The molecular weight excluding hydrogens is 780 g/mol. The van der Waals surface area contributed by atoms with Crippen LogP contribution in [0.15, 0.2) is 164 Å². The average molecular weight is 808 g/mol. The highest BCUT2D eigenvalue weighted by Crippen LogP contribution is 2.53. The first-order chi connectivity index (χ1) is 28.1. The summed E-state index contributed by atoms with van der Waals surface area (Å²) >= 11 is 0. The number of nitrogens with zero attached hydrogens (tertiary/aromatic N) is 1. The summed E-state index contributed by atoms with van der Waals surface area (Å²) < 4.78 is 102. The highest BCUT2D eigenvalue weighted by molar-refractivity contribution is 7.86. The maximum Gasteiger partial charge on any atom is 0.178 e. The summed E-state index contributed by atoms with van der Waals surface area (Å²) in [6.45, 7) is 0. The molecular formula is C47H27F4NO4P2. The van der Waals surface area contributed by atoms with Crippen molar-refractivity contribution in [1.29, 1.82) is 0 Å². The average Bonchev–Trinajstić information content (AvgIpc) is 3.25. The minimum absolute atomic E-state index is 0.108. The van der Waals surface area contributed by atoms with Gasteiger partial charge in [-0.1, -0.05) is 66.7 Å². The van der Waals surface area contributed by atoms with Crippen molar-refractivity contribution in [3.05, 3.63) is 187 Å². The number of fused-ring (bicyclic) bond motifs is 4. The molecule has 0 atom stereocenters. The van der Waals surface area contributed by atoms with Crippen LogP contribution in [0.25, 0.3) is 33.6 Å². The van der Waals surface area contributed by atoms with Gasteiger partial charge < -0.3 is 18.6 Å². The number of halogens is 4. The molecule has 7 aromatic carbocycles. The number of ether oxygens (including phenoxy) is 2. The van der Waals surface area contributed by atoms with Crippen molar-refractivity contribution in [2.45, 2.75) is 0 Å². The van der Waals surface area contributed by atoms with Crippen LogP contribution < -0.4 is 41.3 Å². The van der Waals surface area contributed by atoms with Crippen LogP contribution in [-0.2, 0) is 9.13 Å². The zero-order valence-electron chi connectivity index (χ0n) is 30.1. The van der Waals surface area contributed by atoms with Crippen molar-refractivity contribution < 1.29 is 36.2 Å². The van der Waals surface area contributed by atoms with E-state index in [2.05, 4.69) is 0 Å². The third-order valence-corrected chi connectivity index (χ3v) is 16.5. The van der Waals surface area contributed by atoms with Crippen molar-refractivity contribution in [1.82, 2.24) is 4.98 Å². The van der Waals surface area contributed by atoms with E-state index in [1.54, 1.807) is 36.4 Å². The lowest BCUT2D eigenvalue weighted by molar-refractivity contribution is 0.481. The van der Waals surface area contributed by atoms with E-state index in [1.165, 1.54) is 72.8 Å². The SMILES string of the molecule is O=P1(c2cccc(-c3cc(-c4ccccc4)cc(-c4cccc(P5(=O)c6cc(F)ccc6Oc6ccc(F)cc65)c4)n3)c2)c2cc(F)ccc2Oc2ccc(F)cc21. The minimum atomic E-state index is -3.90. The predicted octanol–water partition coefficient (Wildman–Crippen LogP) is 10.1. The van der Waals surface area contributed by atoms with E-state index in [-0.39, 0.29) is 44.2 Å². The Labute approximate surface area is 330 Å². The second kappa shape index (κ2) is 13.6. The molecule has 1 aromatic heterocycles. The Morgan fingerprint density at radius 3 is 1.10 bits per heavy atom. The largest absolute Gasteiger partial charge is 0.456 e. The highest BCUT2D eigenvalue weighted by Gasteiger charge is 2.41. The molecule has 0 bridgehead atoms. The van der Waals surface area contributed by atoms with E-state index < -0.39 is 37.6 Å². The Bertz CT molecular complexity index is 2810. The lowest BCUT2D eigenvalue weighted by Crippen LogP contribution is -2.31. The molecule has 0 fully saturated rings. The van der Waals surface area contributed by atoms with E-state index in [9.17, 15) is 17.6 Å². The minimum Gasteiger partial charge on any atom is -0.456 e. The van der Waals surface area contributed by atoms with Crippen LogP contribution in [0.3, 0.4) is 0 Å². The molecule has 11 heteroatoms. The molecule has 0 amide bonds. The van der Waals surface area contributed by atoms with Gasteiger partial charge in [0.05, 0.1) is 32.6 Å². The molecule has 8 aromatic rings. The lowest BCUT2D eigenvalue weighted by atomic mass is 10.00. The Kier molecular flexibility index (Phi) is 8.38. The number of hydrogen-bond donors (Lipinski definition) is 0. The van der Waals surface area contributed by atoms with Gasteiger partial charge in [0, 0.05) is 21.7 Å². The van der Waals surface area contributed by atoms with Crippen molar-refractivity contribution in [2.24, 2.45) is 0 Å². The first-order valence-electron chi connectivity index (χ1n) is 18.1. The Morgan fingerprint density at radius 2 is 0.724 bits per heavy atom. The Balaban J connectivity index is 1.15. The van der Waals surface area contributed by atoms with Crippen molar-refractivity contribution in [3.63, 3.8) is 0 Å². The molecule has 10 rings (SSSR count). The van der Waals surface area contributed by atoms with Crippen molar-refractivity contribution >= 4 is 46.1 Å². The van der Waals surface area contributed by atoms with Gasteiger partial charge in [-0.2, -0.15) is 0 Å². The number of pyridine rings is 1. The molecule has 58 heavy (non-hydrogen) atoms. The maximum atomic E-state index is 15.5. The van der Waals surface area contributed by atoms with Gasteiger partial charge in [0.15, 0.2) is 14.3 Å². The van der Waals surface area contributed by atoms with Crippen LogP contribution in [0, 0.1) is 23.3 Å². The molecule has 0 spiro atoms. The van der Waals surface area contributed by atoms with Gasteiger partial charge in [-0.15, -0.1) is 0 Å². The molecule has 0 aliphatic carbocycles. The van der Waals surface area contributed by atoms with E-state index in [4.69, 9.17) is 14.5 Å². The fourth-order valence-corrected chi connectivity index (χ4v) is 13.5. The van der Waals surface area contributed by atoms with Gasteiger partial charge in [-0.25, -0.2) is 22.5 Å². The van der Waals surface area contributed by atoms with Crippen LogP contribution >= 0.6 is 14.3 Å². The van der Waals surface area contributed by atoms with E-state index in [0.29, 0.717) is 33.1 Å². The molecule has 0 saturated carbocycles. The molecule has 0 saturated heterocycles. The lowest BCUT2D eigenvalue weighted by Gasteiger charge is -2.29. The summed E-state index contributed by atoms with van der Waals surface area (Å²) in [6, 6.07) is 42.4. The van der Waals surface area contributed by atoms with Crippen LogP contribution in [0.5, 0.6) is 23.0 Å². The molecule has 0 radical (unpaired) electrons. The van der Waals surface area contributed by atoms with E-state index >= 15 is 9.13 Å². The summed E-state index contributed by atoms with van der Waals surface area (Å²) in [7, 11) is -7.81. The first-order valence-corrected chi connectivity index (χ1v) is 21.6. The van der Waals surface area contributed by atoms with Gasteiger partial charge in [-0.05, 0) is 108 Å². The molecule has 0 N–H and O–H groups in total. The summed E-state index contributed by atoms with van der Waals surface area (Å²) in [6.07, 6.45) is 0. The van der Waals surface area contributed by atoms with Crippen molar-refractivity contribution in [2.75, 3.05) is 0 Å². The van der Waals surface area contributed by atoms with Crippen molar-refractivity contribution in [3.8, 4) is 56.6 Å². The van der Waals surface area contributed by atoms with Crippen LogP contribution in [-0.4, -0.2) is 4.98 Å². The second-order valence-corrected chi connectivity index (χ2v) is 19.4. The van der Waals surface area contributed by atoms with E-state index in [1.807, 2.05) is 54.6 Å². The smallest absolute Gasteiger partial charge is 0.178 e. The standard InChI is InChI=1S/C47H27F4NO4P2/c48-32-12-16-40-44(24-32)57(53,45-25-33(49)13-17-41(45)55-40)36-10-4-8-29(20-36)38-22-31(28-6-2-1-3-7-28)23-39(52-38)30-9-5-11-37(21-30)58(54)46-26-34(50)14-18-42(46)56-43-19-15-35(51)27-47(43)58/h1-27H. The highest BCUT2D eigenvalue weighted by atomic mass is 31.2. The maximum absolute atomic E-state index is 15.5. The zero-order valence-corrected chi connectivity index (χ0v) is 31.9. The molecule has 0 unspecified atom stereocenters. The quantitative estimate of drug-likeness (QED) is 0.128. The Morgan fingerprint density at radius 1 is 0.362 bits per heavy atom. The third-order valence-electron chi connectivity index (χ3n) is 10.4. The molecule has 2 aliphatic rings. The Hall–Kier alpha value is -6.53. The second-order valence-electron chi connectivity index (χ2n) is 14.0. The summed E-state index contributed by atoms with van der Waals surface area (Å²) in [4.78, 5) is 5.08. The normalized spacial score (nSPS) is 14.2.